The maximum absolute atomic E-state index is 11.6. The Morgan fingerprint density at radius 3 is 2.70 bits per heavy atom. The van der Waals surface area contributed by atoms with E-state index in [1.54, 1.807) is 6.07 Å². The number of benzene rings is 1. The molecule has 0 aromatic heterocycles. The molecule has 0 heterocycles. The minimum atomic E-state index is -1.28. The summed E-state index contributed by atoms with van der Waals surface area (Å²) in [6.45, 7) is 1.32. The Bertz CT molecular complexity index is 481. The van der Waals surface area contributed by atoms with Crippen LogP contribution in [-0.4, -0.2) is 40.0 Å². The summed E-state index contributed by atoms with van der Waals surface area (Å²) in [6.07, 6.45) is -1.14. The van der Waals surface area contributed by atoms with Gasteiger partial charge in [-0.05, 0) is 24.6 Å². The van der Waals surface area contributed by atoms with E-state index in [0.29, 0.717) is 10.8 Å². The first-order valence-electron chi connectivity index (χ1n) is 5.92. The highest BCUT2D eigenvalue weighted by Gasteiger charge is 2.24. The molecule has 2 atom stereocenters. The second-order valence-corrected chi connectivity index (χ2v) is 5.67. The zero-order chi connectivity index (χ0) is 15.1. The van der Waals surface area contributed by atoms with Gasteiger partial charge in [0.2, 0.25) is 5.91 Å². The van der Waals surface area contributed by atoms with Crippen molar-refractivity contribution in [2.24, 2.45) is 0 Å². The van der Waals surface area contributed by atoms with Crippen molar-refractivity contribution in [1.82, 2.24) is 5.32 Å². The highest BCUT2D eigenvalue weighted by atomic mass is 35.5. The standard InChI is InChI=1S/C13H16ClNO4S/c1-8(16)12(13(18)19)15-11(17)7-20-6-9-3-2-4-10(14)5-9/h2-5,8,12,16H,6-7H2,1H3,(H,15,17)(H,18,19). The van der Waals surface area contributed by atoms with Crippen LogP contribution >= 0.6 is 23.4 Å². The molecule has 7 heteroatoms. The lowest BCUT2D eigenvalue weighted by Crippen LogP contribution is -2.48. The maximum Gasteiger partial charge on any atom is 0.328 e. The van der Waals surface area contributed by atoms with E-state index in [4.69, 9.17) is 16.7 Å². The highest BCUT2D eigenvalue weighted by molar-refractivity contribution is 7.99. The lowest BCUT2D eigenvalue weighted by atomic mass is 10.2. The Kier molecular flexibility index (Phi) is 6.84. The maximum atomic E-state index is 11.6. The molecule has 1 aromatic carbocycles. The summed E-state index contributed by atoms with van der Waals surface area (Å²) in [5, 5.41) is 21.0. The van der Waals surface area contributed by atoms with Crippen molar-refractivity contribution in [2.75, 3.05) is 5.75 Å². The Labute approximate surface area is 126 Å². The number of rotatable bonds is 7. The molecule has 2 unspecified atom stereocenters. The van der Waals surface area contributed by atoms with E-state index in [1.165, 1.54) is 18.7 Å². The highest BCUT2D eigenvalue weighted by Crippen LogP contribution is 2.16. The normalized spacial score (nSPS) is 13.6. The Hall–Kier alpha value is -1.24. The van der Waals surface area contributed by atoms with Crippen molar-refractivity contribution >= 4 is 35.2 Å². The molecule has 0 fully saturated rings. The van der Waals surface area contributed by atoms with E-state index < -0.39 is 24.0 Å². The lowest BCUT2D eigenvalue weighted by molar-refractivity contribution is -0.144. The van der Waals surface area contributed by atoms with Crippen molar-refractivity contribution in [3.05, 3.63) is 34.9 Å². The van der Waals surface area contributed by atoms with E-state index in [-0.39, 0.29) is 5.75 Å². The smallest absolute Gasteiger partial charge is 0.328 e. The van der Waals surface area contributed by atoms with Crippen LogP contribution in [0.1, 0.15) is 12.5 Å². The summed E-state index contributed by atoms with van der Waals surface area (Å²) < 4.78 is 0. The molecule has 0 aliphatic heterocycles. The summed E-state index contributed by atoms with van der Waals surface area (Å²) in [6, 6.07) is 6.01. The molecule has 0 bridgehead atoms. The van der Waals surface area contributed by atoms with Gasteiger partial charge in [-0.15, -0.1) is 11.8 Å². The molecule has 1 rings (SSSR count). The molecule has 0 aliphatic rings. The van der Waals surface area contributed by atoms with Crippen molar-refractivity contribution in [3.8, 4) is 0 Å². The first-order valence-corrected chi connectivity index (χ1v) is 7.46. The van der Waals surface area contributed by atoms with Crippen molar-refractivity contribution in [1.29, 1.82) is 0 Å². The number of hydrogen-bond acceptors (Lipinski definition) is 4. The third kappa shape index (κ3) is 5.81. The fourth-order valence-corrected chi connectivity index (χ4v) is 2.49. The molecule has 0 saturated carbocycles. The number of amides is 1. The van der Waals surface area contributed by atoms with E-state index >= 15 is 0 Å². The molecule has 5 nitrogen and oxygen atoms in total. The monoisotopic (exact) mass is 317 g/mol. The minimum Gasteiger partial charge on any atom is -0.480 e. The van der Waals surface area contributed by atoms with Gasteiger partial charge < -0.3 is 15.5 Å². The fourth-order valence-electron chi connectivity index (χ4n) is 1.49. The van der Waals surface area contributed by atoms with Gasteiger partial charge >= 0.3 is 5.97 Å². The van der Waals surface area contributed by atoms with Gasteiger partial charge in [0.05, 0.1) is 11.9 Å². The topological polar surface area (TPSA) is 86.6 Å². The minimum absolute atomic E-state index is 0.114. The second kappa shape index (κ2) is 8.14. The van der Waals surface area contributed by atoms with Gasteiger partial charge in [-0.25, -0.2) is 4.79 Å². The molecule has 0 spiro atoms. The van der Waals surface area contributed by atoms with Gasteiger partial charge in [0.25, 0.3) is 0 Å². The average Bonchev–Trinajstić information content (AvgIpc) is 2.35. The number of nitrogens with one attached hydrogen (secondary N) is 1. The van der Waals surface area contributed by atoms with Gasteiger partial charge in [0.1, 0.15) is 0 Å². The molecule has 110 valence electrons. The molecule has 3 N–H and O–H groups in total. The Morgan fingerprint density at radius 2 is 2.15 bits per heavy atom. The van der Waals surface area contributed by atoms with Crippen molar-refractivity contribution < 1.29 is 19.8 Å². The van der Waals surface area contributed by atoms with Crippen LogP contribution in [-0.2, 0) is 15.3 Å². The number of aliphatic hydroxyl groups is 1. The number of halogens is 1. The molecule has 1 aromatic rings. The lowest BCUT2D eigenvalue weighted by Gasteiger charge is -2.16. The predicted molar refractivity (Wildman–Crippen MR) is 78.9 cm³/mol. The summed E-state index contributed by atoms with van der Waals surface area (Å²) in [5.41, 5.74) is 0.987. The number of aliphatic carboxylic acids is 1. The number of carboxylic acid groups (broad SMARTS) is 1. The molecule has 1 amide bonds. The van der Waals surface area contributed by atoms with Crippen LogP contribution < -0.4 is 5.32 Å². The first kappa shape index (κ1) is 16.8. The summed E-state index contributed by atoms with van der Waals surface area (Å²) >= 11 is 7.19. The summed E-state index contributed by atoms with van der Waals surface area (Å²) in [7, 11) is 0. The number of carbonyl (C=O) groups excluding carboxylic acids is 1. The SMILES string of the molecule is CC(O)C(NC(=O)CSCc1cccc(Cl)c1)C(=O)O. The molecular weight excluding hydrogens is 302 g/mol. The molecule has 20 heavy (non-hydrogen) atoms. The molecule has 0 saturated heterocycles. The summed E-state index contributed by atoms with van der Waals surface area (Å²) in [5.74, 6) is -0.970. The zero-order valence-corrected chi connectivity index (χ0v) is 12.4. The largest absolute Gasteiger partial charge is 0.480 e. The van der Waals surface area contributed by atoms with Crippen LogP contribution in [0.15, 0.2) is 24.3 Å². The molecule has 0 aliphatic carbocycles. The Morgan fingerprint density at radius 1 is 1.45 bits per heavy atom. The quantitative estimate of drug-likeness (QED) is 0.710. The number of aliphatic hydroxyl groups excluding tert-OH is 1. The van der Waals surface area contributed by atoms with E-state index in [1.807, 2.05) is 18.2 Å². The van der Waals surface area contributed by atoms with Crippen LogP contribution in [0.2, 0.25) is 5.02 Å². The zero-order valence-electron chi connectivity index (χ0n) is 10.9. The van der Waals surface area contributed by atoms with Crippen LogP contribution in [0, 0.1) is 0 Å². The van der Waals surface area contributed by atoms with Gasteiger partial charge in [-0.1, -0.05) is 23.7 Å². The van der Waals surface area contributed by atoms with Crippen LogP contribution in [0.3, 0.4) is 0 Å². The third-order valence-electron chi connectivity index (χ3n) is 2.46. The fraction of sp³-hybridized carbons (Fsp3) is 0.385. The van der Waals surface area contributed by atoms with Crippen molar-refractivity contribution in [3.63, 3.8) is 0 Å². The number of carbonyl (C=O) groups is 2. The van der Waals surface area contributed by atoms with Gasteiger partial charge in [0.15, 0.2) is 6.04 Å². The molecule has 0 radical (unpaired) electrons. The van der Waals surface area contributed by atoms with Crippen LogP contribution in [0.5, 0.6) is 0 Å². The number of hydrogen-bond donors (Lipinski definition) is 3. The molecular formula is C13H16ClNO4S. The van der Waals surface area contributed by atoms with Crippen LogP contribution in [0.4, 0.5) is 0 Å². The first-order chi connectivity index (χ1) is 9.40. The second-order valence-electron chi connectivity index (χ2n) is 4.25. The van der Waals surface area contributed by atoms with Gasteiger partial charge in [-0.2, -0.15) is 0 Å². The predicted octanol–water partition coefficient (Wildman–Crippen LogP) is 1.52. The summed E-state index contributed by atoms with van der Waals surface area (Å²) in [4.78, 5) is 22.4. The number of carboxylic acids is 1. The van der Waals surface area contributed by atoms with E-state index in [2.05, 4.69) is 5.32 Å². The van der Waals surface area contributed by atoms with Gasteiger partial charge in [-0.3, -0.25) is 4.79 Å². The van der Waals surface area contributed by atoms with E-state index in [9.17, 15) is 14.7 Å². The van der Waals surface area contributed by atoms with Crippen molar-refractivity contribution in [2.45, 2.75) is 24.8 Å². The van der Waals surface area contributed by atoms with Crippen LogP contribution in [0.25, 0.3) is 0 Å². The Balaban J connectivity index is 2.38. The number of thioether (sulfide) groups is 1. The third-order valence-corrected chi connectivity index (χ3v) is 3.69. The average molecular weight is 318 g/mol. The van der Waals surface area contributed by atoms with Gasteiger partial charge in [0, 0.05) is 10.8 Å². The van der Waals surface area contributed by atoms with E-state index in [0.717, 1.165) is 5.56 Å².